The largest absolute Gasteiger partial charge is 0.416 e. The van der Waals surface area contributed by atoms with Gasteiger partial charge in [-0.1, -0.05) is 19.1 Å². The van der Waals surface area contributed by atoms with Crippen molar-refractivity contribution >= 4 is 11.8 Å². The number of ether oxygens (including phenoxy) is 1. The third kappa shape index (κ3) is 2.64. The van der Waals surface area contributed by atoms with Crippen molar-refractivity contribution in [1.29, 1.82) is 5.26 Å². The summed E-state index contributed by atoms with van der Waals surface area (Å²) in [6, 6.07) is 7.68. The van der Waals surface area contributed by atoms with Crippen molar-refractivity contribution in [3.63, 3.8) is 0 Å². The maximum absolute atomic E-state index is 11.4. The average molecular weight is 203 g/mol. The van der Waals surface area contributed by atoms with Gasteiger partial charge in [-0.2, -0.15) is 5.26 Å². The molecule has 0 aliphatic carbocycles. The quantitative estimate of drug-likeness (QED) is 0.324. The minimum atomic E-state index is -1.02. The minimum absolute atomic E-state index is 0.128. The fourth-order valence-electron chi connectivity index (χ4n) is 1.10. The van der Waals surface area contributed by atoms with Crippen molar-refractivity contribution in [1.82, 2.24) is 0 Å². The molecule has 0 radical (unpaired) electrons. The highest BCUT2D eigenvalue weighted by molar-refractivity contribution is 5.99. The summed E-state index contributed by atoms with van der Waals surface area (Å²) in [4.78, 5) is 22.2. The van der Waals surface area contributed by atoms with E-state index in [0.717, 1.165) is 0 Å². The molecule has 0 aliphatic rings. The zero-order valence-electron chi connectivity index (χ0n) is 8.19. The normalized spacial score (nSPS) is 9.07. The highest BCUT2D eigenvalue weighted by atomic mass is 16.5. The second-order valence-electron chi connectivity index (χ2n) is 2.77. The van der Waals surface area contributed by atoms with Crippen LogP contribution in [0.5, 0.6) is 5.75 Å². The van der Waals surface area contributed by atoms with Gasteiger partial charge < -0.3 is 4.74 Å². The Labute approximate surface area is 87.1 Å². The molecule has 0 bridgehead atoms. The standard InChI is InChI=1S/C11H9NO3/c1-2-9(13)8-5-3-4-6-10(8)15-11(14)7-12/h3-6H,2H2,1H3. The molecule has 0 saturated carbocycles. The molecule has 76 valence electrons. The molecule has 0 heterocycles. The second kappa shape index (κ2) is 4.91. The van der Waals surface area contributed by atoms with E-state index in [1.165, 1.54) is 12.1 Å². The minimum Gasteiger partial charge on any atom is -0.415 e. The number of benzene rings is 1. The second-order valence-corrected chi connectivity index (χ2v) is 2.77. The molecule has 4 heteroatoms. The van der Waals surface area contributed by atoms with Gasteiger partial charge in [-0.15, -0.1) is 0 Å². The van der Waals surface area contributed by atoms with Crippen molar-refractivity contribution in [3.05, 3.63) is 29.8 Å². The van der Waals surface area contributed by atoms with Gasteiger partial charge in [-0.25, -0.2) is 4.79 Å². The van der Waals surface area contributed by atoms with E-state index in [0.29, 0.717) is 12.0 Å². The number of rotatable bonds is 3. The molecule has 0 spiro atoms. The van der Waals surface area contributed by atoms with Crippen LogP contribution in [-0.4, -0.2) is 11.8 Å². The number of nitrogens with zero attached hydrogens (tertiary/aromatic N) is 1. The van der Waals surface area contributed by atoms with E-state index in [1.54, 1.807) is 25.1 Å². The predicted octanol–water partition coefficient (Wildman–Crippen LogP) is 1.71. The zero-order valence-corrected chi connectivity index (χ0v) is 8.19. The Morgan fingerprint density at radius 2 is 2.07 bits per heavy atom. The van der Waals surface area contributed by atoms with E-state index in [2.05, 4.69) is 0 Å². The predicted molar refractivity (Wildman–Crippen MR) is 52.3 cm³/mol. The van der Waals surface area contributed by atoms with E-state index in [1.807, 2.05) is 0 Å². The Kier molecular flexibility index (Phi) is 3.58. The molecule has 0 atom stereocenters. The Balaban J connectivity index is 3.02. The lowest BCUT2D eigenvalue weighted by molar-refractivity contribution is -0.128. The number of nitriles is 1. The number of carbonyl (C=O) groups excluding carboxylic acids is 2. The molecule has 0 fully saturated rings. The van der Waals surface area contributed by atoms with Gasteiger partial charge in [0.15, 0.2) is 11.9 Å². The maximum Gasteiger partial charge on any atom is 0.416 e. The van der Waals surface area contributed by atoms with Crippen LogP contribution in [0.25, 0.3) is 0 Å². The Bertz CT molecular complexity index is 432. The zero-order chi connectivity index (χ0) is 11.3. The fraction of sp³-hybridized carbons (Fsp3) is 0.182. The van der Waals surface area contributed by atoms with Gasteiger partial charge in [-0.3, -0.25) is 4.79 Å². The van der Waals surface area contributed by atoms with E-state index in [-0.39, 0.29) is 11.5 Å². The van der Waals surface area contributed by atoms with Crippen LogP contribution in [-0.2, 0) is 4.79 Å². The highest BCUT2D eigenvalue weighted by Crippen LogP contribution is 2.19. The summed E-state index contributed by atoms with van der Waals surface area (Å²) in [7, 11) is 0. The van der Waals surface area contributed by atoms with Crippen molar-refractivity contribution in [2.75, 3.05) is 0 Å². The summed E-state index contributed by atoms with van der Waals surface area (Å²) in [5.41, 5.74) is 0.323. The van der Waals surface area contributed by atoms with Crippen molar-refractivity contribution < 1.29 is 14.3 Å². The number of hydrogen-bond donors (Lipinski definition) is 0. The fourth-order valence-corrected chi connectivity index (χ4v) is 1.10. The Morgan fingerprint density at radius 3 is 2.67 bits per heavy atom. The number of esters is 1. The molecule has 1 rings (SSSR count). The molecular formula is C11H9NO3. The van der Waals surface area contributed by atoms with Gasteiger partial charge in [0.2, 0.25) is 0 Å². The van der Waals surface area contributed by atoms with E-state index in [4.69, 9.17) is 10.00 Å². The lowest BCUT2D eigenvalue weighted by Gasteiger charge is -2.05. The first-order valence-corrected chi connectivity index (χ1v) is 4.43. The first-order chi connectivity index (χ1) is 7.19. The maximum atomic E-state index is 11.4. The van der Waals surface area contributed by atoms with Crippen LogP contribution >= 0.6 is 0 Å². The Morgan fingerprint density at radius 1 is 1.40 bits per heavy atom. The molecule has 0 unspecified atom stereocenters. The third-order valence-corrected chi connectivity index (χ3v) is 1.80. The smallest absolute Gasteiger partial charge is 0.415 e. The summed E-state index contributed by atoms with van der Waals surface area (Å²) in [6.45, 7) is 1.71. The summed E-state index contributed by atoms with van der Waals surface area (Å²) in [6.07, 6.45) is 0.321. The SMILES string of the molecule is CCC(=O)c1ccccc1OC(=O)C#N. The number of hydrogen-bond acceptors (Lipinski definition) is 4. The number of ketones is 1. The molecular weight excluding hydrogens is 194 g/mol. The van der Waals surface area contributed by atoms with Crippen molar-refractivity contribution in [2.24, 2.45) is 0 Å². The molecule has 0 amide bonds. The van der Waals surface area contributed by atoms with Gasteiger partial charge in [0.05, 0.1) is 5.56 Å². The van der Waals surface area contributed by atoms with Crippen LogP contribution in [0.15, 0.2) is 24.3 Å². The van der Waals surface area contributed by atoms with Crippen LogP contribution < -0.4 is 4.74 Å². The first kappa shape index (κ1) is 10.9. The van der Waals surface area contributed by atoms with Crippen LogP contribution in [0.2, 0.25) is 0 Å². The summed E-state index contributed by atoms with van der Waals surface area (Å²) in [5.74, 6) is -1.02. The number of para-hydroxylation sites is 1. The molecule has 0 saturated heterocycles. The van der Waals surface area contributed by atoms with Crippen molar-refractivity contribution in [2.45, 2.75) is 13.3 Å². The average Bonchev–Trinajstić information content (AvgIpc) is 2.28. The molecule has 4 nitrogen and oxygen atoms in total. The summed E-state index contributed by atoms with van der Waals surface area (Å²) < 4.78 is 4.70. The lowest BCUT2D eigenvalue weighted by atomic mass is 10.1. The van der Waals surface area contributed by atoms with Gasteiger partial charge in [0, 0.05) is 6.42 Å². The third-order valence-electron chi connectivity index (χ3n) is 1.80. The van der Waals surface area contributed by atoms with Gasteiger partial charge >= 0.3 is 5.97 Å². The van der Waals surface area contributed by atoms with Crippen LogP contribution in [0, 0.1) is 11.3 Å². The Hall–Kier alpha value is -2.15. The van der Waals surface area contributed by atoms with Crippen LogP contribution in [0.4, 0.5) is 0 Å². The van der Waals surface area contributed by atoms with E-state index < -0.39 is 5.97 Å². The van der Waals surface area contributed by atoms with Crippen LogP contribution in [0.3, 0.4) is 0 Å². The van der Waals surface area contributed by atoms with E-state index in [9.17, 15) is 9.59 Å². The van der Waals surface area contributed by atoms with Crippen LogP contribution in [0.1, 0.15) is 23.7 Å². The van der Waals surface area contributed by atoms with Crippen molar-refractivity contribution in [3.8, 4) is 11.8 Å². The van der Waals surface area contributed by atoms with Gasteiger partial charge in [0.1, 0.15) is 5.75 Å². The lowest BCUT2D eigenvalue weighted by Crippen LogP contribution is -2.08. The molecule has 0 aliphatic heterocycles. The summed E-state index contributed by atoms with van der Waals surface area (Å²) in [5, 5.41) is 8.27. The van der Waals surface area contributed by atoms with Gasteiger partial charge in [0.25, 0.3) is 0 Å². The van der Waals surface area contributed by atoms with Gasteiger partial charge in [-0.05, 0) is 12.1 Å². The topological polar surface area (TPSA) is 67.2 Å². The molecule has 1 aromatic carbocycles. The molecule has 0 N–H and O–H groups in total. The summed E-state index contributed by atoms with van der Waals surface area (Å²) >= 11 is 0. The molecule has 1 aromatic rings. The molecule has 15 heavy (non-hydrogen) atoms. The number of Topliss-reactive ketones (excluding diaryl/α,β-unsaturated/α-hetero) is 1. The van der Waals surface area contributed by atoms with E-state index >= 15 is 0 Å². The number of carbonyl (C=O) groups is 2. The monoisotopic (exact) mass is 203 g/mol. The highest BCUT2D eigenvalue weighted by Gasteiger charge is 2.12. The molecule has 0 aromatic heterocycles. The first-order valence-electron chi connectivity index (χ1n) is 4.43.